The van der Waals surface area contributed by atoms with Gasteiger partial charge in [0.05, 0.1) is 6.04 Å². The average molecular weight is 225 g/mol. The van der Waals surface area contributed by atoms with Crippen molar-refractivity contribution in [2.75, 3.05) is 19.8 Å². The van der Waals surface area contributed by atoms with Crippen molar-refractivity contribution < 1.29 is 14.3 Å². The van der Waals surface area contributed by atoms with E-state index in [-0.39, 0.29) is 11.7 Å². The molecular weight excluding hydrogens is 208 g/mol. The van der Waals surface area contributed by atoms with Gasteiger partial charge in [-0.25, -0.2) is 4.79 Å². The van der Waals surface area contributed by atoms with Crippen LogP contribution in [0.3, 0.4) is 0 Å². The summed E-state index contributed by atoms with van der Waals surface area (Å²) in [6.07, 6.45) is 4.16. The van der Waals surface area contributed by atoms with Crippen LogP contribution in [0.4, 0.5) is 4.79 Å². The van der Waals surface area contributed by atoms with Crippen LogP contribution in [0.2, 0.25) is 0 Å². The van der Waals surface area contributed by atoms with Gasteiger partial charge in [0, 0.05) is 25.7 Å². The Labute approximate surface area is 94.9 Å². The van der Waals surface area contributed by atoms with Crippen LogP contribution in [0, 0.1) is 12.3 Å². The van der Waals surface area contributed by atoms with E-state index < -0.39 is 12.1 Å². The van der Waals surface area contributed by atoms with Gasteiger partial charge in [-0.15, -0.1) is 0 Å². The standard InChI is InChI=1S/C11H17N2O3/c12-11(15)13-5-1-2-9(13)10(14)8-3-6-16-7-4-8/h2,8-9H,1,3-7H2,(H2,12,15)/t9-/m0/s1. The number of ketones is 1. The van der Waals surface area contributed by atoms with Gasteiger partial charge < -0.3 is 15.4 Å². The molecule has 1 radical (unpaired) electrons. The van der Waals surface area contributed by atoms with Crippen molar-refractivity contribution in [3.63, 3.8) is 0 Å². The highest BCUT2D eigenvalue weighted by Crippen LogP contribution is 2.24. The van der Waals surface area contributed by atoms with E-state index in [1.165, 1.54) is 4.90 Å². The molecule has 2 saturated heterocycles. The van der Waals surface area contributed by atoms with Crippen LogP contribution in [0.15, 0.2) is 0 Å². The fourth-order valence-corrected chi connectivity index (χ4v) is 2.38. The van der Waals surface area contributed by atoms with Gasteiger partial charge in [0.2, 0.25) is 0 Å². The van der Waals surface area contributed by atoms with E-state index >= 15 is 0 Å². The predicted octanol–water partition coefficient (Wildman–Crippen LogP) is 0.339. The van der Waals surface area contributed by atoms with Crippen LogP contribution in [-0.4, -0.2) is 42.5 Å². The number of carbonyl (C=O) groups excluding carboxylic acids is 2. The van der Waals surface area contributed by atoms with Crippen molar-refractivity contribution in [2.45, 2.75) is 25.3 Å². The normalized spacial score (nSPS) is 27.0. The van der Waals surface area contributed by atoms with E-state index in [9.17, 15) is 9.59 Å². The summed E-state index contributed by atoms with van der Waals surface area (Å²) in [5, 5.41) is 0. The Bertz CT molecular complexity index is 287. The van der Waals surface area contributed by atoms with E-state index in [2.05, 4.69) is 0 Å². The summed E-state index contributed by atoms with van der Waals surface area (Å²) in [5.41, 5.74) is 5.25. The minimum absolute atomic E-state index is 0.0231. The zero-order valence-corrected chi connectivity index (χ0v) is 9.22. The number of ether oxygens (including phenoxy) is 1. The number of nitrogens with two attached hydrogens (primary N) is 1. The minimum Gasteiger partial charge on any atom is -0.381 e. The molecule has 2 aliphatic rings. The third-order valence-corrected chi connectivity index (χ3v) is 3.29. The van der Waals surface area contributed by atoms with Gasteiger partial charge >= 0.3 is 6.03 Å². The van der Waals surface area contributed by atoms with Gasteiger partial charge in [0.15, 0.2) is 5.78 Å². The van der Waals surface area contributed by atoms with E-state index in [4.69, 9.17) is 10.5 Å². The summed E-state index contributed by atoms with van der Waals surface area (Å²) >= 11 is 0. The molecule has 2 rings (SSSR count). The Balaban J connectivity index is 1.99. The van der Waals surface area contributed by atoms with Gasteiger partial charge in [0.1, 0.15) is 0 Å². The molecule has 0 spiro atoms. The lowest BCUT2D eigenvalue weighted by molar-refractivity contribution is -0.128. The predicted molar refractivity (Wildman–Crippen MR) is 57.5 cm³/mol. The fourth-order valence-electron chi connectivity index (χ4n) is 2.38. The molecule has 16 heavy (non-hydrogen) atoms. The SMILES string of the molecule is NC(=O)N1CC[CH][C@H]1C(=O)C1CCOCC1. The molecule has 2 N–H and O–H groups in total. The van der Waals surface area contributed by atoms with E-state index in [0.29, 0.717) is 19.8 Å². The maximum atomic E-state index is 12.2. The fraction of sp³-hybridized carbons (Fsp3) is 0.727. The first-order valence-electron chi connectivity index (χ1n) is 5.71. The summed E-state index contributed by atoms with van der Waals surface area (Å²) in [5.74, 6) is 0.148. The maximum Gasteiger partial charge on any atom is 0.315 e. The number of carbonyl (C=O) groups is 2. The lowest BCUT2D eigenvalue weighted by atomic mass is 9.90. The number of nitrogens with zero attached hydrogens (tertiary/aromatic N) is 1. The molecule has 0 aliphatic carbocycles. The molecule has 2 heterocycles. The van der Waals surface area contributed by atoms with Crippen molar-refractivity contribution in [2.24, 2.45) is 11.7 Å². The summed E-state index contributed by atoms with van der Waals surface area (Å²) in [6.45, 7) is 1.84. The zero-order chi connectivity index (χ0) is 11.5. The van der Waals surface area contributed by atoms with E-state index in [1.54, 1.807) is 0 Å². The Kier molecular flexibility index (Phi) is 3.43. The highest BCUT2D eigenvalue weighted by molar-refractivity contribution is 5.91. The quantitative estimate of drug-likeness (QED) is 0.736. The van der Waals surface area contributed by atoms with Crippen molar-refractivity contribution in [1.82, 2.24) is 4.90 Å². The van der Waals surface area contributed by atoms with Gasteiger partial charge in [-0.1, -0.05) is 0 Å². The molecule has 5 nitrogen and oxygen atoms in total. The van der Waals surface area contributed by atoms with Crippen LogP contribution >= 0.6 is 0 Å². The highest BCUT2D eigenvalue weighted by Gasteiger charge is 2.37. The monoisotopic (exact) mass is 225 g/mol. The summed E-state index contributed by atoms with van der Waals surface area (Å²) in [4.78, 5) is 24.8. The second kappa shape index (κ2) is 4.82. The molecular formula is C11H17N2O3. The first-order chi connectivity index (χ1) is 7.70. The van der Waals surface area contributed by atoms with Crippen molar-refractivity contribution in [3.8, 4) is 0 Å². The van der Waals surface area contributed by atoms with Crippen molar-refractivity contribution in [3.05, 3.63) is 6.42 Å². The van der Waals surface area contributed by atoms with E-state index in [1.807, 2.05) is 6.42 Å². The number of amides is 2. The van der Waals surface area contributed by atoms with Gasteiger partial charge in [0.25, 0.3) is 0 Å². The first kappa shape index (κ1) is 11.4. The number of primary amides is 1. The molecule has 0 unspecified atom stereocenters. The average Bonchev–Trinajstić information content (AvgIpc) is 2.78. The molecule has 0 aromatic rings. The minimum atomic E-state index is -0.501. The molecule has 0 bridgehead atoms. The van der Waals surface area contributed by atoms with Crippen LogP contribution in [0.25, 0.3) is 0 Å². The highest BCUT2D eigenvalue weighted by atomic mass is 16.5. The molecule has 1 atom stereocenters. The van der Waals surface area contributed by atoms with Crippen LogP contribution in [0.5, 0.6) is 0 Å². The summed E-state index contributed by atoms with van der Waals surface area (Å²) < 4.78 is 5.22. The number of likely N-dealkylation sites (tertiary alicyclic amines) is 1. The molecule has 0 aromatic carbocycles. The van der Waals surface area contributed by atoms with Gasteiger partial charge in [-0.3, -0.25) is 4.79 Å². The Morgan fingerprint density at radius 2 is 2.00 bits per heavy atom. The summed E-state index contributed by atoms with van der Waals surface area (Å²) in [6, 6.07) is -0.903. The topological polar surface area (TPSA) is 72.6 Å². The third kappa shape index (κ3) is 2.19. The number of urea groups is 1. The zero-order valence-electron chi connectivity index (χ0n) is 9.22. The number of rotatable bonds is 2. The van der Waals surface area contributed by atoms with Crippen LogP contribution < -0.4 is 5.73 Å². The maximum absolute atomic E-state index is 12.2. The smallest absolute Gasteiger partial charge is 0.315 e. The number of hydrogen-bond acceptors (Lipinski definition) is 3. The molecule has 89 valence electrons. The van der Waals surface area contributed by atoms with E-state index in [0.717, 1.165) is 19.3 Å². The second-order valence-corrected chi connectivity index (χ2v) is 4.29. The Morgan fingerprint density at radius 3 is 2.62 bits per heavy atom. The molecule has 2 amide bonds. The molecule has 0 saturated carbocycles. The third-order valence-electron chi connectivity index (χ3n) is 3.29. The Hall–Kier alpha value is -1.10. The molecule has 2 fully saturated rings. The Morgan fingerprint density at radius 1 is 1.31 bits per heavy atom. The second-order valence-electron chi connectivity index (χ2n) is 4.29. The number of hydrogen-bond donors (Lipinski definition) is 1. The largest absolute Gasteiger partial charge is 0.381 e. The van der Waals surface area contributed by atoms with Crippen molar-refractivity contribution in [1.29, 1.82) is 0 Å². The van der Waals surface area contributed by atoms with Crippen LogP contribution in [-0.2, 0) is 9.53 Å². The lowest BCUT2D eigenvalue weighted by Crippen LogP contribution is -2.46. The lowest BCUT2D eigenvalue weighted by Gasteiger charge is -2.27. The molecule has 2 aliphatic heterocycles. The van der Waals surface area contributed by atoms with Crippen molar-refractivity contribution >= 4 is 11.8 Å². The van der Waals surface area contributed by atoms with Gasteiger partial charge in [-0.2, -0.15) is 0 Å². The summed E-state index contributed by atoms with van der Waals surface area (Å²) in [7, 11) is 0. The number of Topliss-reactive ketones (excluding diaryl/α,β-unsaturated/α-hetero) is 1. The van der Waals surface area contributed by atoms with Crippen LogP contribution in [0.1, 0.15) is 19.3 Å². The molecule has 0 aromatic heterocycles. The van der Waals surface area contributed by atoms with Gasteiger partial charge in [-0.05, 0) is 25.7 Å². The first-order valence-corrected chi connectivity index (χ1v) is 5.71. The molecule has 5 heteroatoms.